The highest BCUT2D eigenvalue weighted by Crippen LogP contribution is 2.24. The van der Waals surface area contributed by atoms with Gasteiger partial charge in [-0.3, -0.25) is 4.79 Å². The Kier molecular flexibility index (Phi) is 5.44. The number of anilines is 1. The molecule has 0 fully saturated rings. The number of aromatic nitrogens is 1. The number of hydrogen-bond acceptors (Lipinski definition) is 4. The van der Waals surface area contributed by atoms with Crippen molar-refractivity contribution in [1.82, 2.24) is 4.98 Å². The summed E-state index contributed by atoms with van der Waals surface area (Å²) in [4.78, 5) is 27.1. The molecule has 0 radical (unpaired) electrons. The molecular weight excluding hydrogens is 324 g/mol. The van der Waals surface area contributed by atoms with Crippen molar-refractivity contribution in [2.24, 2.45) is 5.41 Å². The number of carbonyl (C=O) groups is 2. The van der Waals surface area contributed by atoms with Crippen molar-refractivity contribution in [3.05, 3.63) is 28.5 Å². The van der Waals surface area contributed by atoms with E-state index in [0.29, 0.717) is 15.9 Å². The Morgan fingerprint density at radius 1 is 1.40 bits per heavy atom. The maximum Gasteiger partial charge on any atom is 0.330 e. The number of esters is 1. The maximum atomic E-state index is 12.0. The summed E-state index contributed by atoms with van der Waals surface area (Å²) in [5, 5.41) is 2.79. The Bertz CT molecular complexity index is 548. The van der Waals surface area contributed by atoms with E-state index in [4.69, 9.17) is 0 Å². The van der Waals surface area contributed by atoms with Gasteiger partial charge in [0.1, 0.15) is 4.60 Å². The fourth-order valence-electron chi connectivity index (χ4n) is 1.19. The third kappa shape index (κ3) is 4.77. The van der Waals surface area contributed by atoms with Crippen LogP contribution in [0.3, 0.4) is 0 Å². The zero-order valence-corrected chi connectivity index (χ0v) is 13.4. The third-order valence-electron chi connectivity index (χ3n) is 2.40. The SMILES string of the molecule is COC(=O)C=Cc1cnc(Br)c(NC(=O)C(C)(C)C)c1. The van der Waals surface area contributed by atoms with Gasteiger partial charge in [-0.05, 0) is 33.6 Å². The molecule has 1 heterocycles. The standard InChI is InChI=1S/C14H17BrN2O3/c1-14(2,3)13(19)17-10-7-9(8-16-12(10)15)5-6-11(18)20-4/h5-8H,1-4H3,(H,17,19). The number of methoxy groups -OCH3 is 1. The van der Waals surface area contributed by atoms with Gasteiger partial charge >= 0.3 is 5.97 Å². The first kappa shape index (κ1) is 16.4. The van der Waals surface area contributed by atoms with Crippen molar-refractivity contribution in [2.75, 3.05) is 12.4 Å². The van der Waals surface area contributed by atoms with Gasteiger partial charge in [-0.15, -0.1) is 0 Å². The number of ether oxygens (including phenoxy) is 1. The molecule has 0 unspecified atom stereocenters. The highest BCUT2D eigenvalue weighted by molar-refractivity contribution is 9.10. The van der Waals surface area contributed by atoms with E-state index in [1.807, 2.05) is 20.8 Å². The van der Waals surface area contributed by atoms with Crippen molar-refractivity contribution in [1.29, 1.82) is 0 Å². The molecule has 108 valence electrons. The molecule has 0 aliphatic heterocycles. The molecule has 0 aliphatic carbocycles. The van der Waals surface area contributed by atoms with Crippen LogP contribution in [-0.4, -0.2) is 24.0 Å². The Labute approximate surface area is 126 Å². The average molecular weight is 341 g/mol. The smallest absolute Gasteiger partial charge is 0.330 e. The summed E-state index contributed by atoms with van der Waals surface area (Å²) in [6, 6.07) is 1.72. The Morgan fingerprint density at radius 3 is 2.60 bits per heavy atom. The lowest BCUT2D eigenvalue weighted by molar-refractivity contribution is -0.134. The molecule has 6 heteroatoms. The van der Waals surface area contributed by atoms with E-state index in [2.05, 4.69) is 31.0 Å². The molecule has 1 amide bonds. The normalized spacial score (nSPS) is 11.4. The molecule has 1 aromatic heterocycles. The van der Waals surface area contributed by atoms with Gasteiger partial charge in [0, 0.05) is 17.7 Å². The number of nitrogens with zero attached hydrogens (tertiary/aromatic N) is 1. The monoisotopic (exact) mass is 340 g/mol. The summed E-state index contributed by atoms with van der Waals surface area (Å²) in [6.07, 6.45) is 4.44. The average Bonchev–Trinajstić information content (AvgIpc) is 2.38. The molecule has 0 saturated carbocycles. The molecule has 20 heavy (non-hydrogen) atoms. The van der Waals surface area contributed by atoms with Crippen molar-refractivity contribution in [2.45, 2.75) is 20.8 Å². The Balaban J connectivity index is 2.95. The van der Waals surface area contributed by atoms with Gasteiger partial charge in [-0.2, -0.15) is 0 Å². The van der Waals surface area contributed by atoms with Gasteiger partial charge in [-0.1, -0.05) is 20.8 Å². The van der Waals surface area contributed by atoms with E-state index in [1.165, 1.54) is 13.2 Å². The quantitative estimate of drug-likeness (QED) is 0.521. The summed E-state index contributed by atoms with van der Waals surface area (Å²) in [7, 11) is 1.31. The predicted molar refractivity (Wildman–Crippen MR) is 81.1 cm³/mol. The summed E-state index contributed by atoms with van der Waals surface area (Å²) < 4.78 is 5.04. The van der Waals surface area contributed by atoms with E-state index < -0.39 is 11.4 Å². The molecule has 1 N–H and O–H groups in total. The van der Waals surface area contributed by atoms with Gasteiger partial charge in [-0.25, -0.2) is 9.78 Å². The van der Waals surface area contributed by atoms with Crippen molar-refractivity contribution >= 4 is 39.6 Å². The minimum atomic E-state index is -0.503. The van der Waals surface area contributed by atoms with Crippen LogP contribution in [0.4, 0.5) is 5.69 Å². The molecule has 0 atom stereocenters. The van der Waals surface area contributed by atoms with E-state index >= 15 is 0 Å². The number of pyridine rings is 1. The van der Waals surface area contributed by atoms with Crippen LogP contribution in [0.25, 0.3) is 6.08 Å². The highest BCUT2D eigenvalue weighted by atomic mass is 79.9. The van der Waals surface area contributed by atoms with E-state index in [0.717, 1.165) is 0 Å². The zero-order valence-electron chi connectivity index (χ0n) is 11.9. The van der Waals surface area contributed by atoms with Gasteiger partial charge in [0.2, 0.25) is 5.91 Å². The number of amides is 1. The number of nitrogens with one attached hydrogen (secondary N) is 1. The summed E-state index contributed by atoms with van der Waals surface area (Å²) >= 11 is 3.28. The molecule has 0 spiro atoms. The lowest BCUT2D eigenvalue weighted by atomic mass is 9.95. The first-order valence-electron chi connectivity index (χ1n) is 5.97. The molecule has 1 aromatic rings. The minimum absolute atomic E-state index is 0.117. The summed E-state index contributed by atoms with van der Waals surface area (Å²) in [6.45, 7) is 5.47. The predicted octanol–water partition coefficient (Wildman–Crippen LogP) is 3.01. The van der Waals surface area contributed by atoms with Gasteiger partial charge < -0.3 is 10.1 Å². The van der Waals surface area contributed by atoms with E-state index in [9.17, 15) is 9.59 Å². The molecule has 0 aliphatic rings. The van der Waals surface area contributed by atoms with Crippen LogP contribution < -0.4 is 5.32 Å². The fourth-order valence-corrected chi connectivity index (χ4v) is 1.50. The molecular formula is C14H17BrN2O3. The third-order valence-corrected chi connectivity index (χ3v) is 3.03. The molecule has 0 aromatic carbocycles. The molecule has 0 bridgehead atoms. The zero-order chi connectivity index (χ0) is 15.3. The highest BCUT2D eigenvalue weighted by Gasteiger charge is 2.22. The van der Waals surface area contributed by atoms with Gasteiger partial charge in [0.25, 0.3) is 0 Å². The Morgan fingerprint density at radius 2 is 2.05 bits per heavy atom. The number of halogens is 1. The van der Waals surface area contributed by atoms with E-state index in [-0.39, 0.29) is 5.91 Å². The van der Waals surface area contributed by atoms with Crippen molar-refractivity contribution in [3.63, 3.8) is 0 Å². The first-order valence-corrected chi connectivity index (χ1v) is 6.76. The topological polar surface area (TPSA) is 68.3 Å². The number of carbonyl (C=O) groups excluding carboxylic acids is 2. The van der Waals surface area contributed by atoms with Gasteiger partial charge in [0.05, 0.1) is 12.8 Å². The summed E-state index contributed by atoms with van der Waals surface area (Å²) in [5.41, 5.74) is 0.733. The maximum absolute atomic E-state index is 12.0. The second kappa shape index (κ2) is 6.65. The van der Waals surface area contributed by atoms with Crippen LogP contribution >= 0.6 is 15.9 Å². The first-order chi connectivity index (χ1) is 9.24. The fraction of sp³-hybridized carbons (Fsp3) is 0.357. The van der Waals surface area contributed by atoms with Crippen LogP contribution in [0.5, 0.6) is 0 Å². The molecule has 1 rings (SSSR count). The second-order valence-corrected chi connectivity index (χ2v) is 5.92. The van der Waals surface area contributed by atoms with E-state index in [1.54, 1.807) is 18.3 Å². The van der Waals surface area contributed by atoms with Crippen LogP contribution in [0.1, 0.15) is 26.3 Å². The molecule has 5 nitrogen and oxygen atoms in total. The minimum Gasteiger partial charge on any atom is -0.466 e. The lowest BCUT2D eigenvalue weighted by Gasteiger charge is -2.18. The number of rotatable bonds is 3. The van der Waals surface area contributed by atoms with Crippen LogP contribution in [-0.2, 0) is 14.3 Å². The lowest BCUT2D eigenvalue weighted by Crippen LogP contribution is -2.27. The van der Waals surface area contributed by atoms with Crippen LogP contribution in [0.2, 0.25) is 0 Å². The van der Waals surface area contributed by atoms with Crippen LogP contribution in [0, 0.1) is 5.41 Å². The summed E-state index contributed by atoms with van der Waals surface area (Å²) in [5.74, 6) is -0.567. The van der Waals surface area contributed by atoms with Crippen molar-refractivity contribution in [3.8, 4) is 0 Å². The van der Waals surface area contributed by atoms with Crippen LogP contribution in [0.15, 0.2) is 22.9 Å². The Hall–Kier alpha value is -1.69. The molecule has 0 saturated heterocycles. The second-order valence-electron chi connectivity index (χ2n) is 5.17. The van der Waals surface area contributed by atoms with Gasteiger partial charge in [0.15, 0.2) is 0 Å². The van der Waals surface area contributed by atoms with Crippen molar-refractivity contribution < 1.29 is 14.3 Å². The largest absolute Gasteiger partial charge is 0.466 e. The number of hydrogen-bond donors (Lipinski definition) is 1.